The maximum atomic E-state index is 13.6. The molecule has 0 saturated heterocycles. The monoisotopic (exact) mass is 688 g/mol. The Balaban J connectivity index is 1.93. The molecule has 3 rings (SSSR count). The Bertz CT molecular complexity index is 1470. The van der Waals surface area contributed by atoms with E-state index in [1.165, 1.54) is 12.0 Å². The topological polar surface area (TPSA) is 93.1 Å². The number of esters is 2. The zero-order valence-corrected chi connectivity index (χ0v) is 32.0. The first-order valence-electron chi connectivity index (χ1n) is 19.3. The first-order chi connectivity index (χ1) is 23.8. The zero-order chi connectivity index (χ0) is 36.8. The van der Waals surface area contributed by atoms with Gasteiger partial charge < -0.3 is 19.7 Å². The van der Waals surface area contributed by atoms with Crippen LogP contribution in [0.5, 0.6) is 23.0 Å². The lowest BCUT2D eigenvalue weighted by Gasteiger charge is -2.32. The van der Waals surface area contributed by atoms with Crippen LogP contribution in [-0.2, 0) is 28.9 Å². The summed E-state index contributed by atoms with van der Waals surface area (Å²) in [5.74, 6) is -0.917. The summed E-state index contributed by atoms with van der Waals surface area (Å²) >= 11 is 0. The maximum Gasteiger partial charge on any atom is 0.423 e. The first-order valence-corrected chi connectivity index (χ1v) is 19.3. The molecule has 1 aliphatic rings. The fourth-order valence-corrected chi connectivity index (χ4v) is 7.16. The van der Waals surface area contributed by atoms with Crippen LogP contribution in [-0.4, -0.2) is 22.2 Å². The van der Waals surface area contributed by atoms with Gasteiger partial charge in [0.15, 0.2) is 0 Å². The lowest BCUT2D eigenvalue weighted by atomic mass is 9.73. The molecule has 0 fully saturated rings. The molecule has 0 radical (unpaired) electrons. The average Bonchev–Trinajstić information content (AvgIpc) is 3.04. The summed E-state index contributed by atoms with van der Waals surface area (Å²) in [6.07, 6.45) is 16.2. The van der Waals surface area contributed by atoms with Crippen LogP contribution in [0.15, 0.2) is 48.1 Å². The lowest BCUT2D eigenvalue weighted by molar-refractivity contribution is -0.156. The molecule has 6 heteroatoms. The van der Waals surface area contributed by atoms with Gasteiger partial charge in [-0.2, -0.15) is 0 Å². The molecule has 0 unspecified atom stereocenters. The predicted octanol–water partition coefficient (Wildman–Crippen LogP) is 11.5. The van der Waals surface area contributed by atoms with E-state index in [9.17, 15) is 19.8 Å². The number of carbonyl (C=O) groups is 2. The van der Waals surface area contributed by atoms with Crippen LogP contribution in [0.2, 0.25) is 0 Å². The van der Waals surface area contributed by atoms with Crippen molar-refractivity contribution in [3.05, 3.63) is 70.3 Å². The van der Waals surface area contributed by atoms with E-state index >= 15 is 0 Å². The standard InChI is InChI=1S/C44H64O6/c1-9-11-13-18-33-25-38(45)36(23-20-31(7)17-15-16-29(3)4)40(27-33)49-43(47)44(48)50-41-28-34(19-14-12-10-2)26-39(46)42(41)37-24-32(8)21-22-35(37)30(5)6/h24-29,31,35,37,45-46H,5,9-23H2,1-4,6-8H3/t31-,35+,37-/m1/s1. The van der Waals surface area contributed by atoms with Crippen LogP contribution in [0.3, 0.4) is 0 Å². The summed E-state index contributed by atoms with van der Waals surface area (Å²) in [5, 5.41) is 22.6. The molecule has 0 spiro atoms. The van der Waals surface area contributed by atoms with E-state index in [0.29, 0.717) is 35.8 Å². The molecule has 0 aliphatic heterocycles. The molecule has 0 amide bonds. The van der Waals surface area contributed by atoms with Gasteiger partial charge in [-0.05, 0) is 118 Å². The van der Waals surface area contributed by atoms with Crippen molar-refractivity contribution in [1.29, 1.82) is 0 Å². The van der Waals surface area contributed by atoms with Gasteiger partial charge in [-0.25, -0.2) is 9.59 Å². The second-order valence-electron chi connectivity index (χ2n) is 15.3. The molecule has 2 aromatic rings. The maximum absolute atomic E-state index is 13.6. The quantitative estimate of drug-likeness (QED) is 0.0502. The van der Waals surface area contributed by atoms with Gasteiger partial charge in [-0.1, -0.05) is 103 Å². The van der Waals surface area contributed by atoms with Gasteiger partial charge in [-0.15, -0.1) is 0 Å². The van der Waals surface area contributed by atoms with E-state index in [2.05, 4.69) is 54.2 Å². The van der Waals surface area contributed by atoms with E-state index in [4.69, 9.17) is 9.47 Å². The van der Waals surface area contributed by atoms with Gasteiger partial charge in [0.2, 0.25) is 0 Å². The molecule has 276 valence electrons. The van der Waals surface area contributed by atoms with E-state index in [0.717, 1.165) is 93.7 Å². The molecule has 1 aliphatic carbocycles. The minimum Gasteiger partial charge on any atom is -0.508 e. The van der Waals surface area contributed by atoms with Crippen LogP contribution < -0.4 is 9.47 Å². The third kappa shape index (κ3) is 12.3. The highest BCUT2D eigenvalue weighted by molar-refractivity contribution is 6.31. The predicted molar refractivity (Wildman–Crippen MR) is 204 cm³/mol. The smallest absolute Gasteiger partial charge is 0.423 e. The summed E-state index contributed by atoms with van der Waals surface area (Å²) in [6, 6.07) is 7.10. The third-order valence-electron chi connectivity index (χ3n) is 10.2. The van der Waals surface area contributed by atoms with Gasteiger partial charge in [-0.3, -0.25) is 0 Å². The normalized spacial score (nSPS) is 16.6. The number of benzene rings is 2. The van der Waals surface area contributed by atoms with Gasteiger partial charge in [0.05, 0.1) is 0 Å². The molecular formula is C44H64O6. The lowest BCUT2D eigenvalue weighted by Crippen LogP contribution is -2.27. The van der Waals surface area contributed by atoms with Crippen LogP contribution in [0.4, 0.5) is 0 Å². The number of aryl methyl sites for hydroxylation is 2. The molecular weight excluding hydrogens is 624 g/mol. The first kappa shape index (κ1) is 40.9. The van der Waals surface area contributed by atoms with Crippen LogP contribution in [0.1, 0.15) is 154 Å². The van der Waals surface area contributed by atoms with Crippen molar-refractivity contribution in [2.45, 2.75) is 151 Å². The van der Waals surface area contributed by atoms with Crippen LogP contribution in [0.25, 0.3) is 0 Å². The number of unbranched alkanes of at least 4 members (excludes halogenated alkanes) is 4. The highest BCUT2D eigenvalue weighted by Gasteiger charge is 2.33. The second kappa shape index (κ2) is 20.3. The highest BCUT2D eigenvalue weighted by atomic mass is 16.6. The number of phenols is 2. The molecule has 50 heavy (non-hydrogen) atoms. The Kier molecular flexibility index (Phi) is 16.6. The van der Waals surface area contributed by atoms with Crippen molar-refractivity contribution in [2.75, 3.05) is 0 Å². The van der Waals surface area contributed by atoms with Gasteiger partial charge in [0.1, 0.15) is 23.0 Å². The summed E-state index contributed by atoms with van der Waals surface area (Å²) in [4.78, 5) is 27.1. The number of carbonyl (C=O) groups excluding carboxylic acids is 2. The molecule has 3 atom stereocenters. The Morgan fingerprint density at radius 2 is 1.38 bits per heavy atom. The summed E-state index contributed by atoms with van der Waals surface area (Å²) < 4.78 is 11.7. The Morgan fingerprint density at radius 1 is 0.800 bits per heavy atom. The average molecular weight is 689 g/mol. The van der Waals surface area contributed by atoms with Crippen LogP contribution in [0, 0.1) is 17.8 Å². The fraction of sp³-hybridized carbons (Fsp3) is 0.591. The SMILES string of the molecule is C=C(C)[C@@H]1CCC(C)=C[C@H]1c1c(O)cc(CCCCC)cc1OC(=O)C(=O)Oc1cc(CCCCC)cc(O)c1CC[C@H](C)CCCC(C)C. The molecule has 2 N–H and O–H groups in total. The Morgan fingerprint density at radius 3 is 1.96 bits per heavy atom. The molecule has 0 bridgehead atoms. The molecule has 2 aromatic carbocycles. The van der Waals surface area contributed by atoms with E-state index in [1.807, 2.05) is 6.92 Å². The molecule has 0 heterocycles. The molecule has 0 aromatic heterocycles. The van der Waals surface area contributed by atoms with Crippen molar-refractivity contribution in [3.63, 3.8) is 0 Å². The van der Waals surface area contributed by atoms with E-state index < -0.39 is 11.9 Å². The molecule has 6 nitrogen and oxygen atoms in total. The van der Waals surface area contributed by atoms with Gasteiger partial charge in [0, 0.05) is 17.0 Å². The summed E-state index contributed by atoms with van der Waals surface area (Å²) in [5.41, 5.74) is 4.90. The largest absolute Gasteiger partial charge is 0.508 e. The minimum atomic E-state index is -1.16. The fourth-order valence-electron chi connectivity index (χ4n) is 7.16. The molecule has 0 saturated carbocycles. The van der Waals surface area contributed by atoms with Crippen molar-refractivity contribution in [1.82, 2.24) is 0 Å². The summed E-state index contributed by atoms with van der Waals surface area (Å²) in [6.45, 7) is 19.2. The Hall–Kier alpha value is -3.54. The van der Waals surface area contributed by atoms with E-state index in [-0.39, 0.29) is 34.8 Å². The van der Waals surface area contributed by atoms with Crippen LogP contribution >= 0.6 is 0 Å². The van der Waals surface area contributed by atoms with Crippen molar-refractivity contribution < 1.29 is 29.3 Å². The van der Waals surface area contributed by atoms with Gasteiger partial charge >= 0.3 is 11.9 Å². The van der Waals surface area contributed by atoms with Crippen molar-refractivity contribution in [3.8, 4) is 23.0 Å². The number of phenolic OH excluding ortho intramolecular Hbond substituents is 2. The third-order valence-corrected chi connectivity index (χ3v) is 10.2. The number of aromatic hydroxyl groups is 2. The van der Waals surface area contributed by atoms with Crippen molar-refractivity contribution in [2.24, 2.45) is 17.8 Å². The number of allylic oxidation sites excluding steroid dienone is 3. The number of hydrogen-bond donors (Lipinski definition) is 2. The van der Waals surface area contributed by atoms with Crippen molar-refractivity contribution >= 4 is 11.9 Å². The second-order valence-corrected chi connectivity index (χ2v) is 15.3. The number of rotatable bonds is 19. The zero-order valence-electron chi connectivity index (χ0n) is 32.0. The van der Waals surface area contributed by atoms with E-state index in [1.54, 1.807) is 24.3 Å². The van der Waals surface area contributed by atoms with Gasteiger partial charge in [0.25, 0.3) is 0 Å². The highest BCUT2D eigenvalue weighted by Crippen LogP contribution is 2.47. The summed E-state index contributed by atoms with van der Waals surface area (Å²) in [7, 11) is 0. The number of ether oxygens (including phenoxy) is 2. The number of hydrogen-bond acceptors (Lipinski definition) is 6. The Labute approximate surface area is 302 Å². The minimum absolute atomic E-state index is 0.0480.